The number of halogens is 3. The van der Waals surface area contributed by atoms with Crippen LogP contribution in [0.5, 0.6) is 0 Å². The highest BCUT2D eigenvalue weighted by atomic mass is 35.5. The second-order valence-electron chi connectivity index (χ2n) is 30.3. The largest absolute Gasteiger partial charge is 0.480 e. The van der Waals surface area contributed by atoms with Crippen molar-refractivity contribution < 1.29 is 53.9 Å². The molecule has 20 nitrogen and oxygen atoms in total. The molecule has 5 N–H and O–H groups in total. The quantitative estimate of drug-likeness (QED) is 0.0529. The fourth-order valence-electron chi connectivity index (χ4n) is 16.5. The molecule has 10 aromatic carbocycles. The van der Waals surface area contributed by atoms with E-state index in [1.165, 1.54) is 80.1 Å². The van der Waals surface area contributed by atoms with Crippen molar-refractivity contribution in [3.63, 3.8) is 0 Å². The first kappa shape index (κ1) is 82.9. The van der Waals surface area contributed by atoms with Gasteiger partial charge in [0, 0.05) is 60.0 Å². The standard InChI is InChI=1S/C23H25NO3.C23H21NO3.C17H14ClNO3.C16H12ClNO3.C16H12FNO3/c2*25-22(26)15-24-20-9-5-4-8-18(20)23(27)19-14-17(12-13-21(19)24)11-10-16-6-2-1-3-7-16;1-9-3-4-11-14(7-9)19(8-15(20)21)16-12(17(11)22)5-10(2)6-13(16)18;1-9-6-11-15(12(17)7-9)18(8-14(19)20)13-5-3-2-4-10(13)16(11)21;1-9-5-6-10-13(7-9)18(8-14(19)20)12-4-2-3-11(17)15(12)16(10)21/h4-5,8-9,12-14,16H,1-3,6-7,10-11,15H2,(H,25,26);4-5,8-9,12-14,16H,1-3,6-7,15H2,(H,25,26);3-7H,8H2,1-2H3,(H,20,21);2*2-7H,8H2,1H3,(H,19,20). The third-order valence-electron chi connectivity index (χ3n) is 21.8. The van der Waals surface area contributed by atoms with Gasteiger partial charge in [0.15, 0.2) is 27.1 Å². The second-order valence-corrected chi connectivity index (χ2v) is 31.1. The summed E-state index contributed by atoms with van der Waals surface area (Å²) in [7, 11) is 0. The van der Waals surface area contributed by atoms with E-state index < -0.39 is 41.1 Å². The van der Waals surface area contributed by atoms with E-state index in [0.717, 1.165) is 53.0 Å². The summed E-state index contributed by atoms with van der Waals surface area (Å²) in [6.45, 7) is 6.27. The van der Waals surface area contributed by atoms with E-state index in [1.54, 1.807) is 127 Å². The zero-order valence-electron chi connectivity index (χ0n) is 65.3. The van der Waals surface area contributed by atoms with E-state index >= 15 is 0 Å². The zero-order valence-corrected chi connectivity index (χ0v) is 66.8. The molecule has 0 radical (unpaired) electrons. The molecule has 2 fully saturated rings. The lowest BCUT2D eigenvalue weighted by Crippen LogP contribution is -2.16. The molecule has 23 heteroatoms. The Morgan fingerprint density at radius 1 is 0.364 bits per heavy atom. The number of aryl methyl sites for hydroxylation is 5. The van der Waals surface area contributed by atoms with Crippen LogP contribution in [-0.4, -0.2) is 78.2 Å². The van der Waals surface area contributed by atoms with Crippen LogP contribution in [0.4, 0.5) is 4.39 Å². The Bertz CT molecular complexity index is 7000. The fraction of sp³-hybridized carbons (Fsp3) is 0.242. The Hall–Kier alpha value is -13.0. The highest BCUT2D eigenvalue weighted by Gasteiger charge is 2.23. The number of para-hydroxylation sites is 3. The van der Waals surface area contributed by atoms with Gasteiger partial charge >= 0.3 is 29.8 Å². The number of carboxylic acids is 5. The molecule has 0 atom stereocenters. The summed E-state index contributed by atoms with van der Waals surface area (Å²) >= 11 is 12.6. The number of hydrogen-bond acceptors (Lipinski definition) is 10. The van der Waals surface area contributed by atoms with Gasteiger partial charge in [-0.2, -0.15) is 0 Å². The monoisotopic (exact) mass is 1620 g/mol. The second kappa shape index (κ2) is 36.0. The first-order chi connectivity index (χ1) is 56.6. The molecule has 17 rings (SSSR count). The first-order valence-electron chi connectivity index (χ1n) is 39.0. The number of fused-ring (bicyclic) bond motifs is 10. The van der Waals surface area contributed by atoms with E-state index in [-0.39, 0.29) is 59.8 Å². The number of pyridine rings is 5. The zero-order chi connectivity index (χ0) is 83.9. The third-order valence-corrected chi connectivity index (χ3v) is 22.4. The molecule has 0 amide bonds. The van der Waals surface area contributed by atoms with Crippen molar-refractivity contribution >= 4 is 162 Å². The molecule has 2 aliphatic rings. The van der Waals surface area contributed by atoms with Crippen molar-refractivity contribution in [3.8, 4) is 11.8 Å². The summed E-state index contributed by atoms with van der Waals surface area (Å²) in [4.78, 5) is 120. The summed E-state index contributed by atoms with van der Waals surface area (Å²) in [5.74, 6) is 2.32. The number of carbonyl (C=O) groups is 5. The predicted octanol–water partition coefficient (Wildman–Crippen LogP) is 18.3. The van der Waals surface area contributed by atoms with Crippen LogP contribution in [0.15, 0.2) is 212 Å². The number of nitrogens with zero attached hydrogens (tertiary/aromatic N) is 5. The van der Waals surface area contributed by atoms with Gasteiger partial charge in [-0.05, 0) is 215 Å². The SMILES string of the molecule is Cc1cc(Cl)c2c(c1)c(=O)c1ccc(C)cc1n2CC(=O)O.Cc1cc(Cl)c2c(c1)c(=O)c1ccccc1n2CC(=O)O.Cc1ccc2c(=O)c3c(F)cccc3n(CC(=O)O)c2c1.O=C(O)Cn1c2ccccc2c(=O)c2cc(C#CC3CCCCC3)ccc21.O=C(O)Cn1c2ccccc2c(=O)c2cc(CCC3CCCCC3)ccc21. The van der Waals surface area contributed by atoms with Gasteiger partial charge in [-0.1, -0.05) is 147 Å². The van der Waals surface area contributed by atoms with E-state index in [0.29, 0.717) is 120 Å². The Balaban J connectivity index is 0.000000128. The highest BCUT2D eigenvalue weighted by molar-refractivity contribution is 6.36. The van der Waals surface area contributed by atoms with Gasteiger partial charge in [-0.25, -0.2) is 4.39 Å². The molecule has 0 saturated heterocycles. The average molecular weight is 1630 g/mol. The number of hydrogen-bond donors (Lipinski definition) is 5. The van der Waals surface area contributed by atoms with Gasteiger partial charge in [0.25, 0.3) is 0 Å². The normalized spacial score (nSPS) is 13.0. The van der Waals surface area contributed by atoms with Crippen LogP contribution in [0.3, 0.4) is 0 Å². The number of aliphatic carboxylic acids is 5. The molecule has 0 aliphatic heterocycles. The van der Waals surface area contributed by atoms with E-state index in [2.05, 4.69) is 17.9 Å². The van der Waals surface area contributed by atoms with E-state index in [1.807, 2.05) is 88.4 Å². The Morgan fingerprint density at radius 3 is 1.24 bits per heavy atom. The predicted molar refractivity (Wildman–Crippen MR) is 464 cm³/mol. The molecular weight excluding hydrogens is 1540 g/mol. The third kappa shape index (κ3) is 18.0. The number of carboxylic acid groups (broad SMARTS) is 5. The van der Waals surface area contributed by atoms with Gasteiger partial charge in [-0.3, -0.25) is 47.9 Å². The van der Waals surface area contributed by atoms with Gasteiger partial charge in [0.1, 0.15) is 38.5 Å². The average Bonchev–Trinajstić information content (AvgIpc) is 0.759. The van der Waals surface area contributed by atoms with Crippen molar-refractivity contribution in [1.29, 1.82) is 0 Å². The topological polar surface area (TPSA) is 296 Å². The van der Waals surface area contributed by atoms with Crippen LogP contribution in [-0.2, 0) is 63.1 Å². The fourth-order valence-corrected chi connectivity index (χ4v) is 17.2. The number of benzene rings is 10. The van der Waals surface area contributed by atoms with Crippen molar-refractivity contribution in [2.24, 2.45) is 11.8 Å². The van der Waals surface area contributed by atoms with Crippen LogP contribution in [0.25, 0.3) is 109 Å². The van der Waals surface area contributed by atoms with Crippen LogP contribution >= 0.6 is 23.2 Å². The smallest absolute Gasteiger partial charge is 0.323 e. The van der Waals surface area contributed by atoms with Crippen molar-refractivity contribution in [3.05, 3.63) is 288 Å². The van der Waals surface area contributed by atoms with Gasteiger partial charge in [0.05, 0.1) is 70.6 Å². The molecule has 0 spiro atoms. The lowest BCUT2D eigenvalue weighted by Gasteiger charge is -2.21. The van der Waals surface area contributed by atoms with Crippen LogP contribution in [0.1, 0.15) is 104 Å². The van der Waals surface area contributed by atoms with Gasteiger partial charge < -0.3 is 48.4 Å². The molecule has 0 bridgehead atoms. The minimum Gasteiger partial charge on any atom is -0.480 e. The number of aromatic nitrogens is 5. The van der Waals surface area contributed by atoms with Gasteiger partial charge in [-0.15, -0.1) is 0 Å². The maximum atomic E-state index is 14.0. The molecule has 2 saturated carbocycles. The molecule has 5 heterocycles. The summed E-state index contributed by atoms with van der Waals surface area (Å²) in [6.07, 6.45) is 14.9. The lowest BCUT2D eigenvalue weighted by atomic mass is 9.85. The minimum atomic E-state index is -1.05. The first-order valence-corrected chi connectivity index (χ1v) is 39.7. The molecule has 15 aromatic rings. The van der Waals surface area contributed by atoms with Crippen LogP contribution < -0.4 is 27.1 Å². The maximum absolute atomic E-state index is 14.0. The van der Waals surface area contributed by atoms with Crippen molar-refractivity contribution in [2.75, 3.05) is 0 Å². The van der Waals surface area contributed by atoms with Crippen LogP contribution in [0.2, 0.25) is 10.0 Å². The van der Waals surface area contributed by atoms with E-state index in [9.17, 15) is 67.7 Å². The van der Waals surface area contributed by atoms with Crippen LogP contribution in [0, 0.1) is 57.2 Å². The molecule has 5 aromatic heterocycles. The molecule has 118 heavy (non-hydrogen) atoms. The molecule has 0 unspecified atom stereocenters. The van der Waals surface area contributed by atoms with Crippen molar-refractivity contribution in [2.45, 2.75) is 137 Å². The summed E-state index contributed by atoms with van der Waals surface area (Å²) in [6, 6.07) is 54.5. The van der Waals surface area contributed by atoms with Crippen molar-refractivity contribution in [1.82, 2.24) is 22.8 Å². The summed E-state index contributed by atoms with van der Waals surface area (Å²) < 4.78 is 22.1. The Labute approximate surface area is 684 Å². The minimum absolute atomic E-state index is 0.0123. The Morgan fingerprint density at radius 2 is 0.746 bits per heavy atom. The summed E-state index contributed by atoms with van der Waals surface area (Å²) in [5.41, 5.74) is 10.3. The molecule has 2 aliphatic carbocycles. The van der Waals surface area contributed by atoms with Gasteiger partial charge in [0.2, 0.25) is 0 Å². The highest BCUT2D eigenvalue weighted by Crippen LogP contribution is 2.33. The number of rotatable bonds is 13. The van der Waals surface area contributed by atoms with E-state index in [4.69, 9.17) is 33.4 Å². The molecular formula is C95H84Cl2FN5O15. The summed E-state index contributed by atoms with van der Waals surface area (Å²) in [5, 5.41) is 51.3. The molecule has 600 valence electrons. The lowest BCUT2D eigenvalue weighted by molar-refractivity contribution is -0.138. The maximum Gasteiger partial charge on any atom is 0.323 e. The Kier molecular flexibility index (Phi) is 25.3.